The van der Waals surface area contributed by atoms with Gasteiger partial charge in [-0.15, -0.1) is 5.10 Å². The van der Waals surface area contributed by atoms with Crippen LogP contribution in [0.2, 0.25) is 0 Å². The van der Waals surface area contributed by atoms with Gasteiger partial charge in [0.25, 0.3) is 12.0 Å². The van der Waals surface area contributed by atoms with Crippen LogP contribution < -0.4 is 11.3 Å². The second-order valence-electron chi connectivity index (χ2n) is 10.2. The van der Waals surface area contributed by atoms with Gasteiger partial charge in [0.2, 0.25) is 5.95 Å². The number of hydrogen-bond acceptors (Lipinski definition) is 7. The Morgan fingerprint density at radius 3 is 2.49 bits per heavy atom. The third-order valence-electron chi connectivity index (χ3n) is 7.42. The Labute approximate surface area is 240 Å². The lowest BCUT2D eigenvalue weighted by Gasteiger charge is -2.30. The van der Waals surface area contributed by atoms with E-state index >= 15 is 0 Å². The molecule has 0 amide bonds. The average Bonchev–Trinajstić information content (AvgIpc) is 3.60. The van der Waals surface area contributed by atoms with E-state index in [1.54, 1.807) is 29.2 Å². The molecule has 224 valence electrons. The molecular weight excluding hydrogens is 575 g/mol. The van der Waals surface area contributed by atoms with Crippen LogP contribution in [0.3, 0.4) is 0 Å². The zero-order valence-electron chi connectivity index (χ0n) is 22.5. The summed E-state index contributed by atoms with van der Waals surface area (Å²) in [5, 5.41) is 8.82. The predicted octanol–water partition coefficient (Wildman–Crippen LogP) is 4.70. The zero-order valence-corrected chi connectivity index (χ0v) is 22.5. The van der Waals surface area contributed by atoms with Crippen molar-refractivity contribution in [1.29, 1.82) is 0 Å². The molecule has 6 rings (SSSR count). The quantitative estimate of drug-likeness (QED) is 0.269. The van der Waals surface area contributed by atoms with E-state index in [-0.39, 0.29) is 11.9 Å². The van der Waals surface area contributed by atoms with Crippen molar-refractivity contribution in [2.45, 2.75) is 38.0 Å². The van der Waals surface area contributed by atoms with Crippen molar-refractivity contribution in [3.63, 3.8) is 0 Å². The average molecular weight is 601 g/mol. The molecule has 1 atom stereocenters. The number of nitrogens with two attached hydrogens (primary N) is 1. The summed E-state index contributed by atoms with van der Waals surface area (Å²) in [6.07, 6.45) is 0.0566. The smallest absolute Gasteiger partial charge is 0.381 e. The molecule has 0 saturated carbocycles. The minimum absolute atomic E-state index is 0.00983. The van der Waals surface area contributed by atoms with Crippen molar-refractivity contribution in [1.82, 2.24) is 33.9 Å². The monoisotopic (exact) mass is 600 g/mol. The molecule has 10 nitrogen and oxygen atoms in total. The molecule has 1 unspecified atom stereocenters. The first kappa shape index (κ1) is 28.5. The van der Waals surface area contributed by atoms with E-state index in [1.165, 1.54) is 35.1 Å². The fraction of sp³-hybridized carbons (Fsp3) is 0.321. The van der Waals surface area contributed by atoms with Crippen molar-refractivity contribution in [3.05, 3.63) is 82.8 Å². The van der Waals surface area contributed by atoms with E-state index in [0.29, 0.717) is 59.7 Å². The molecule has 5 aromatic heterocycles. The van der Waals surface area contributed by atoms with Crippen LogP contribution in [0.5, 0.6) is 0 Å². The van der Waals surface area contributed by atoms with Crippen molar-refractivity contribution in [2.75, 3.05) is 18.9 Å². The number of halogens is 5. The number of fused-ring (bicyclic) bond motifs is 1. The van der Waals surface area contributed by atoms with E-state index in [9.17, 15) is 26.7 Å². The summed E-state index contributed by atoms with van der Waals surface area (Å²) in [4.78, 5) is 20.1. The van der Waals surface area contributed by atoms with E-state index in [2.05, 4.69) is 20.2 Å². The highest BCUT2D eigenvalue weighted by atomic mass is 19.4. The van der Waals surface area contributed by atoms with Gasteiger partial charge in [0.15, 0.2) is 5.65 Å². The first-order valence-corrected chi connectivity index (χ1v) is 13.4. The molecular formula is C28H25F5N8O2. The molecule has 43 heavy (non-hydrogen) atoms. The summed E-state index contributed by atoms with van der Waals surface area (Å²) >= 11 is 0. The molecule has 6 heterocycles. The second-order valence-corrected chi connectivity index (χ2v) is 10.2. The van der Waals surface area contributed by atoms with Crippen LogP contribution in [0.1, 0.15) is 30.1 Å². The Kier molecular flexibility index (Phi) is 7.42. The van der Waals surface area contributed by atoms with Crippen molar-refractivity contribution in [3.8, 4) is 22.4 Å². The van der Waals surface area contributed by atoms with Gasteiger partial charge >= 0.3 is 6.18 Å². The summed E-state index contributed by atoms with van der Waals surface area (Å²) in [5.41, 5.74) is 7.45. The molecule has 5 aromatic rings. The third kappa shape index (κ3) is 5.84. The molecule has 1 aliphatic heterocycles. The van der Waals surface area contributed by atoms with Crippen LogP contribution in [-0.2, 0) is 17.5 Å². The highest BCUT2D eigenvalue weighted by Crippen LogP contribution is 2.36. The first-order valence-electron chi connectivity index (χ1n) is 13.4. The molecule has 15 heteroatoms. The van der Waals surface area contributed by atoms with Gasteiger partial charge in [-0.2, -0.15) is 23.3 Å². The van der Waals surface area contributed by atoms with Gasteiger partial charge in [-0.1, -0.05) is 6.07 Å². The van der Waals surface area contributed by atoms with Gasteiger partial charge in [-0.25, -0.2) is 13.3 Å². The fourth-order valence-corrected chi connectivity index (χ4v) is 5.41. The summed E-state index contributed by atoms with van der Waals surface area (Å²) in [7, 11) is 0. The zero-order chi connectivity index (χ0) is 30.3. The standard InChI is InChI=1S/C28H25F5N8O2/c29-23(30)15-39-13-18(2-4-25(39)42)21-9-19(10-24-37-27(34)38-41(21)24)20-12-36-40(14-20)26(16-5-7-43-8-6-16)17-1-3-22(35-11-17)28(31,32)33/h1-4,9-14,16,23,26H,5-8,15H2,(H2,34,38). The number of ether oxygens (including phenoxy) is 1. The van der Waals surface area contributed by atoms with Crippen molar-refractivity contribution in [2.24, 2.45) is 5.92 Å². The lowest BCUT2D eigenvalue weighted by Crippen LogP contribution is -2.27. The first-order chi connectivity index (χ1) is 20.6. The van der Waals surface area contributed by atoms with Gasteiger partial charge < -0.3 is 15.0 Å². The number of nitrogens with zero attached hydrogens (tertiary/aromatic N) is 7. The molecule has 0 radical (unpaired) electrons. The summed E-state index contributed by atoms with van der Waals surface area (Å²) in [5.74, 6) is 0.0228. The minimum atomic E-state index is -4.56. The van der Waals surface area contributed by atoms with Crippen LogP contribution in [-0.4, -0.2) is 53.6 Å². The number of aromatic nitrogens is 7. The number of alkyl halides is 5. The summed E-state index contributed by atoms with van der Waals surface area (Å²) in [6, 6.07) is 8.17. The Hall–Kier alpha value is -4.66. The lowest BCUT2D eigenvalue weighted by atomic mass is 9.87. The molecule has 1 saturated heterocycles. The Morgan fingerprint density at radius 2 is 1.79 bits per heavy atom. The highest BCUT2D eigenvalue weighted by Gasteiger charge is 2.34. The fourth-order valence-electron chi connectivity index (χ4n) is 5.41. The minimum Gasteiger partial charge on any atom is -0.381 e. The van der Waals surface area contributed by atoms with Gasteiger partial charge in [0.05, 0.1) is 24.5 Å². The van der Waals surface area contributed by atoms with E-state index in [1.807, 2.05) is 0 Å². The number of pyridine rings is 3. The number of rotatable bonds is 7. The SMILES string of the molecule is Nc1nc2cc(-c3cnn(C(c4ccc(C(F)(F)F)nc4)C4CCOCC4)c3)cc(-c3ccc(=O)n(CC(F)F)c3)n2n1. The maximum Gasteiger partial charge on any atom is 0.433 e. The lowest BCUT2D eigenvalue weighted by molar-refractivity contribution is -0.141. The van der Waals surface area contributed by atoms with Gasteiger partial charge in [-0.05, 0) is 54.2 Å². The van der Waals surface area contributed by atoms with Crippen LogP contribution in [0, 0.1) is 5.92 Å². The number of hydrogen-bond donors (Lipinski definition) is 1. The van der Waals surface area contributed by atoms with E-state index in [0.717, 1.165) is 10.6 Å². The molecule has 0 spiro atoms. The van der Waals surface area contributed by atoms with Crippen LogP contribution in [0.15, 0.2) is 66.0 Å². The Bertz CT molecular complexity index is 1810. The Balaban J connectivity index is 1.42. The maximum atomic E-state index is 13.2. The summed E-state index contributed by atoms with van der Waals surface area (Å²) in [6.45, 7) is 0.269. The second kappa shape index (κ2) is 11.2. The third-order valence-corrected chi connectivity index (χ3v) is 7.42. The molecule has 0 aliphatic carbocycles. The van der Waals surface area contributed by atoms with Crippen LogP contribution >= 0.6 is 0 Å². The van der Waals surface area contributed by atoms with Crippen molar-refractivity contribution < 1.29 is 26.7 Å². The van der Waals surface area contributed by atoms with Crippen LogP contribution in [0.25, 0.3) is 28.0 Å². The topological polar surface area (TPSA) is 118 Å². The van der Waals surface area contributed by atoms with Crippen LogP contribution in [0.4, 0.5) is 27.9 Å². The molecule has 0 bridgehead atoms. The number of nitrogen functional groups attached to an aromatic ring is 1. The largest absolute Gasteiger partial charge is 0.433 e. The maximum absolute atomic E-state index is 13.2. The molecule has 1 aliphatic rings. The predicted molar refractivity (Wildman–Crippen MR) is 145 cm³/mol. The summed E-state index contributed by atoms with van der Waals surface area (Å²) < 4.78 is 75.4. The van der Waals surface area contributed by atoms with Gasteiger partial charge in [0.1, 0.15) is 5.69 Å². The van der Waals surface area contributed by atoms with E-state index in [4.69, 9.17) is 10.5 Å². The van der Waals surface area contributed by atoms with Gasteiger partial charge in [-0.3, -0.25) is 14.5 Å². The highest BCUT2D eigenvalue weighted by molar-refractivity contribution is 5.74. The Morgan fingerprint density at radius 1 is 1.00 bits per heavy atom. The molecule has 2 N–H and O–H groups in total. The number of anilines is 1. The molecule has 0 aromatic carbocycles. The van der Waals surface area contributed by atoms with E-state index < -0.39 is 36.4 Å². The normalized spacial score (nSPS) is 15.4. The van der Waals surface area contributed by atoms with Crippen molar-refractivity contribution >= 4 is 11.6 Å². The molecule has 1 fully saturated rings. The van der Waals surface area contributed by atoms with Gasteiger partial charge in [0, 0.05) is 49.0 Å².